The lowest BCUT2D eigenvalue weighted by Crippen LogP contribution is -2.54. The molecule has 0 bridgehead atoms. The fraction of sp³-hybridized carbons (Fsp3) is 0.276. The van der Waals surface area contributed by atoms with Crippen molar-refractivity contribution < 1.29 is 4.79 Å². The number of hydrogen-bond donors (Lipinski definition) is 2. The Bertz CT molecular complexity index is 1140. The second-order valence-electron chi connectivity index (χ2n) is 8.81. The van der Waals surface area contributed by atoms with Gasteiger partial charge in [-0.1, -0.05) is 67.8 Å². The highest BCUT2D eigenvalue weighted by molar-refractivity contribution is 5.82. The second-order valence-corrected chi connectivity index (χ2v) is 8.81. The van der Waals surface area contributed by atoms with Crippen LogP contribution in [0.3, 0.4) is 0 Å². The molecule has 2 N–H and O–H groups in total. The molecule has 1 amide bonds. The summed E-state index contributed by atoms with van der Waals surface area (Å²) in [6.45, 7) is 12.3. The predicted octanol–water partition coefficient (Wildman–Crippen LogP) is 4.31. The van der Waals surface area contributed by atoms with Crippen molar-refractivity contribution in [2.75, 3.05) is 32.7 Å². The van der Waals surface area contributed by atoms with Gasteiger partial charge < -0.3 is 15.2 Å². The summed E-state index contributed by atoms with van der Waals surface area (Å²) < 4.78 is 0. The van der Waals surface area contributed by atoms with Gasteiger partial charge in [0.25, 0.3) is 0 Å². The maximum Gasteiger partial charge on any atom is 0.240 e. The molecular formula is C29H34N4O. The van der Waals surface area contributed by atoms with Crippen molar-refractivity contribution in [1.29, 1.82) is 0 Å². The van der Waals surface area contributed by atoms with E-state index in [1.807, 2.05) is 41.4 Å². The molecule has 1 fully saturated rings. The van der Waals surface area contributed by atoms with E-state index in [1.54, 1.807) is 6.08 Å². The lowest BCUT2D eigenvalue weighted by atomic mass is 10.0. The first-order valence-corrected chi connectivity index (χ1v) is 11.9. The number of benzene rings is 2. The van der Waals surface area contributed by atoms with Gasteiger partial charge in [0.2, 0.25) is 5.91 Å². The van der Waals surface area contributed by atoms with Gasteiger partial charge in [-0.15, -0.1) is 0 Å². The van der Waals surface area contributed by atoms with E-state index >= 15 is 0 Å². The molecule has 1 aromatic heterocycles. The first-order valence-electron chi connectivity index (χ1n) is 11.9. The van der Waals surface area contributed by atoms with Crippen LogP contribution in [0, 0.1) is 0 Å². The molecule has 34 heavy (non-hydrogen) atoms. The number of carbonyl (C=O) groups is 1. The highest BCUT2D eigenvalue weighted by atomic mass is 16.2. The molecule has 1 aliphatic rings. The number of carbonyl (C=O) groups excluding carboxylic acids is 1. The lowest BCUT2D eigenvalue weighted by Gasteiger charge is -2.37. The number of nitrogens with zero attached hydrogens (tertiary/aromatic N) is 2. The zero-order valence-corrected chi connectivity index (χ0v) is 19.7. The van der Waals surface area contributed by atoms with Crippen LogP contribution in [-0.2, 0) is 17.8 Å². The van der Waals surface area contributed by atoms with Gasteiger partial charge in [0.15, 0.2) is 0 Å². The van der Waals surface area contributed by atoms with Crippen LogP contribution < -0.4 is 5.32 Å². The molecule has 4 rings (SSSR count). The van der Waals surface area contributed by atoms with E-state index in [4.69, 9.17) is 0 Å². The highest BCUT2D eigenvalue weighted by Crippen LogP contribution is 2.16. The summed E-state index contributed by atoms with van der Waals surface area (Å²) in [5.41, 5.74) is 4.62. The van der Waals surface area contributed by atoms with Crippen LogP contribution in [-0.4, -0.2) is 59.5 Å². The number of piperazine rings is 1. The van der Waals surface area contributed by atoms with Crippen molar-refractivity contribution in [2.45, 2.75) is 19.0 Å². The molecule has 1 saturated heterocycles. The first kappa shape index (κ1) is 23.7. The van der Waals surface area contributed by atoms with E-state index in [0.717, 1.165) is 43.8 Å². The Morgan fingerprint density at radius 1 is 1.03 bits per heavy atom. The fourth-order valence-electron chi connectivity index (χ4n) is 4.49. The molecular weight excluding hydrogens is 420 g/mol. The number of aromatic amines is 1. The van der Waals surface area contributed by atoms with Crippen molar-refractivity contribution in [3.05, 3.63) is 109 Å². The van der Waals surface area contributed by atoms with E-state index in [1.165, 1.54) is 16.5 Å². The summed E-state index contributed by atoms with van der Waals surface area (Å²) in [7, 11) is 0. The molecule has 1 unspecified atom stereocenters. The number of fused-ring (bicyclic) bond motifs is 1. The van der Waals surface area contributed by atoms with Crippen molar-refractivity contribution in [3.63, 3.8) is 0 Å². The molecule has 5 heteroatoms. The van der Waals surface area contributed by atoms with E-state index < -0.39 is 0 Å². The van der Waals surface area contributed by atoms with Crippen LogP contribution in [0.1, 0.15) is 11.1 Å². The molecule has 1 atom stereocenters. The Morgan fingerprint density at radius 3 is 2.56 bits per heavy atom. The maximum absolute atomic E-state index is 13.6. The molecule has 2 heterocycles. The van der Waals surface area contributed by atoms with E-state index in [9.17, 15) is 4.79 Å². The van der Waals surface area contributed by atoms with Crippen molar-refractivity contribution in [2.24, 2.45) is 0 Å². The molecule has 176 valence electrons. The number of rotatable bonds is 10. The number of aromatic nitrogens is 1. The summed E-state index contributed by atoms with van der Waals surface area (Å²) in [4.78, 5) is 21.2. The third-order valence-electron chi connectivity index (χ3n) is 6.44. The van der Waals surface area contributed by atoms with Gasteiger partial charge in [-0.05, 0) is 46.7 Å². The summed E-state index contributed by atoms with van der Waals surface area (Å²) in [6.07, 6.45) is 8.30. The Balaban J connectivity index is 1.40. The molecule has 0 radical (unpaired) electrons. The largest absolute Gasteiger partial charge is 0.361 e. The zero-order chi connectivity index (χ0) is 23.8. The van der Waals surface area contributed by atoms with Crippen molar-refractivity contribution in [3.8, 4) is 0 Å². The molecule has 0 spiro atoms. The zero-order valence-electron chi connectivity index (χ0n) is 19.7. The summed E-state index contributed by atoms with van der Waals surface area (Å²) in [5, 5.41) is 4.75. The lowest BCUT2D eigenvalue weighted by molar-refractivity contribution is -0.135. The van der Waals surface area contributed by atoms with Gasteiger partial charge in [-0.2, -0.15) is 0 Å². The molecule has 0 saturated carbocycles. The molecule has 1 aliphatic heterocycles. The second kappa shape index (κ2) is 11.6. The van der Waals surface area contributed by atoms with Gasteiger partial charge in [-0.3, -0.25) is 9.69 Å². The first-order chi connectivity index (χ1) is 16.7. The normalized spacial score (nSPS) is 15.9. The fourth-order valence-corrected chi connectivity index (χ4v) is 4.49. The van der Waals surface area contributed by atoms with Crippen LogP contribution in [0.5, 0.6) is 0 Å². The van der Waals surface area contributed by atoms with Gasteiger partial charge in [0.1, 0.15) is 0 Å². The Kier molecular flexibility index (Phi) is 8.12. The van der Waals surface area contributed by atoms with Crippen molar-refractivity contribution in [1.82, 2.24) is 20.1 Å². The van der Waals surface area contributed by atoms with E-state index in [-0.39, 0.29) is 11.9 Å². The molecule has 5 nitrogen and oxygen atoms in total. The number of amides is 1. The summed E-state index contributed by atoms with van der Waals surface area (Å²) in [5.74, 6) is 0.178. The third kappa shape index (κ3) is 6.13. The molecule has 2 aromatic carbocycles. The van der Waals surface area contributed by atoms with Crippen LogP contribution in [0.2, 0.25) is 0 Å². The van der Waals surface area contributed by atoms with Crippen LogP contribution in [0.25, 0.3) is 10.9 Å². The summed E-state index contributed by atoms with van der Waals surface area (Å²) >= 11 is 0. The topological polar surface area (TPSA) is 51.4 Å². The number of H-pyrrole nitrogens is 1. The minimum absolute atomic E-state index is 0.178. The van der Waals surface area contributed by atoms with E-state index in [0.29, 0.717) is 13.0 Å². The van der Waals surface area contributed by atoms with Gasteiger partial charge in [0.05, 0.1) is 6.04 Å². The van der Waals surface area contributed by atoms with Gasteiger partial charge in [0, 0.05) is 51.0 Å². The molecule has 3 aromatic rings. The smallest absolute Gasteiger partial charge is 0.240 e. The third-order valence-corrected chi connectivity index (χ3v) is 6.44. The maximum atomic E-state index is 13.6. The SMILES string of the molecule is C=C/C=C(\C=C)CN1CCN(C(=O)C(Cc2ccccc2)NCc2ccc3[nH]ccc3c2)CC1. The predicted molar refractivity (Wildman–Crippen MR) is 141 cm³/mol. The number of hydrogen-bond acceptors (Lipinski definition) is 3. The minimum Gasteiger partial charge on any atom is -0.361 e. The quantitative estimate of drug-likeness (QED) is 0.449. The van der Waals surface area contributed by atoms with Gasteiger partial charge in [-0.25, -0.2) is 0 Å². The Hall–Kier alpha value is -3.41. The monoisotopic (exact) mass is 454 g/mol. The van der Waals surface area contributed by atoms with Crippen LogP contribution >= 0.6 is 0 Å². The van der Waals surface area contributed by atoms with Crippen LogP contribution in [0.15, 0.2) is 97.8 Å². The molecule has 0 aliphatic carbocycles. The highest BCUT2D eigenvalue weighted by Gasteiger charge is 2.27. The standard InChI is InChI=1S/C29H34N4O/c1-3-8-23(4-2)22-32-15-17-33(18-16-32)29(34)28(20-24-9-6-5-7-10-24)31-21-25-11-12-27-26(19-25)13-14-30-27/h3-14,19,28,30-31H,1-2,15-18,20-22H2/b23-8+. The Labute approximate surface area is 202 Å². The summed E-state index contributed by atoms with van der Waals surface area (Å²) in [6, 6.07) is 18.5. The van der Waals surface area contributed by atoms with E-state index in [2.05, 4.69) is 64.8 Å². The van der Waals surface area contributed by atoms with Crippen LogP contribution in [0.4, 0.5) is 0 Å². The average molecular weight is 455 g/mol. The minimum atomic E-state index is -0.264. The van der Waals surface area contributed by atoms with Crippen molar-refractivity contribution >= 4 is 16.8 Å². The number of allylic oxidation sites excluding steroid dienone is 2. The average Bonchev–Trinajstić information content (AvgIpc) is 3.35. The number of nitrogens with one attached hydrogen (secondary N) is 2. The Morgan fingerprint density at radius 2 is 1.82 bits per heavy atom. The van der Waals surface area contributed by atoms with Gasteiger partial charge >= 0.3 is 0 Å².